The van der Waals surface area contributed by atoms with Gasteiger partial charge < -0.3 is 4.74 Å². The summed E-state index contributed by atoms with van der Waals surface area (Å²) in [4.78, 5) is 13.6. The van der Waals surface area contributed by atoms with Gasteiger partial charge in [-0.15, -0.1) is 11.8 Å². The molecule has 4 rings (SSSR count). The number of carbonyl (C=O) groups is 1. The lowest BCUT2D eigenvalue weighted by atomic mass is 10.1. The number of halogens is 1. The fourth-order valence-corrected chi connectivity index (χ4v) is 4.56. The van der Waals surface area contributed by atoms with Gasteiger partial charge in [-0.25, -0.2) is 9.48 Å². The lowest BCUT2D eigenvalue weighted by molar-refractivity contribution is 0.0518. The predicted octanol–water partition coefficient (Wildman–Crippen LogP) is 5.08. The molecule has 1 aliphatic heterocycles. The molecule has 0 saturated carbocycles. The Morgan fingerprint density at radius 2 is 2.08 bits per heavy atom. The van der Waals surface area contributed by atoms with E-state index < -0.39 is 0 Å². The predicted molar refractivity (Wildman–Crippen MR) is 102 cm³/mol. The van der Waals surface area contributed by atoms with E-state index >= 15 is 0 Å². The zero-order chi connectivity index (χ0) is 17.4. The number of benzene rings is 2. The fourth-order valence-electron chi connectivity index (χ4n) is 2.94. The van der Waals surface area contributed by atoms with E-state index in [0.717, 1.165) is 27.0 Å². The molecule has 0 radical (unpaired) electrons. The molecule has 1 aliphatic rings. The van der Waals surface area contributed by atoms with Gasteiger partial charge in [-0.2, -0.15) is 5.10 Å². The van der Waals surface area contributed by atoms with Gasteiger partial charge in [0.05, 0.1) is 18.0 Å². The highest BCUT2D eigenvalue weighted by molar-refractivity contribution is 9.10. The molecular weight excluding hydrogens is 400 g/mol. The first-order valence-electron chi connectivity index (χ1n) is 7.96. The van der Waals surface area contributed by atoms with Crippen molar-refractivity contribution in [1.82, 2.24) is 9.78 Å². The number of rotatable bonds is 3. The normalized spacial score (nSPS) is 12.4. The van der Waals surface area contributed by atoms with Crippen LogP contribution in [0, 0.1) is 0 Å². The largest absolute Gasteiger partial charge is 0.461 e. The smallest absolute Gasteiger partial charge is 0.359 e. The van der Waals surface area contributed by atoms with Crippen LogP contribution in [0.5, 0.6) is 0 Å². The van der Waals surface area contributed by atoms with Gasteiger partial charge in [0.15, 0.2) is 5.69 Å². The van der Waals surface area contributed by atoms with E-state index in [1.807, 2.05) is 41.1 Å². The van der Waals surface area contributed by atoms with Gasteiger partial charge >= 0.3 is 5.97 Å². The molecule has 0 saturated heterocycles. The minimum atomic E-state index is -0.366. The minimum absolute atomic E-state index is 0.336. The van der Waals surface area contributed by atoms with Crippen molar-refractivity contribution in [2.75, 3.05) is 6.61 Å². The van der Waals surface area contributed by atoms with Crippen LogP contribution in [0.4, 0.5) is 0 Å². The van der Waals surface area contributed by atoms with Gasteiger partial charge in [-0.3, -0.25) is 0 Å². The zero-order valence-electron chi connectivity index (χ0n) is 13.5. The minimum Gasteiger partial charge on any atom is -0.461 e. The van der Waals surface area contributed by atoms with Crippen LogP contribution in [0.15, 0.2) is 57.9 Å². The first kappa shape index (κ1) is 16.4. The van der Waals surface area contributed by atoms with Crippen LogP contribution in [-0.2, 0) is 10.5 Å². The summed E-state index contributed by atoms with van der Waals surface area (Å²) in [6.45, 7) is 2.14. The summed E-state index contributed by atoms with van der Waals surface area (Å²) < 4.78 is 8.11. The van der Waals surface area contributed by atoms with Gasteiger partial charge in [0, 0.05) is 26.2 Å². The van der Waals surface area contributed by atoms with Gasteiger partial charge in [-0.05, 0) is 31.2 Å². The number of esters is 1. The SMILES string of the molecule is CCOC(=O)c1nn(-c2ccccc2)c2c1CSc1cc(Br)ccc1-2. The molecule has 0 fully saturated rings. The quantitative estimate of drug-likeness (QED) is 0.560. The molecular formula is C19H15BrN2O2S. The summed E-state index contributed by atoms with van der Waals surface area (Å²) >= 11 is 5.25. The molecule has 6 heteroatoms. The standard InChI is InChI=1S/C19H15BrN2O2S/c1-2-24-19(23)17-15-11-25-16-10-12(20)8-9-14(16)18(15)22(21-17)13-6-4-3-5-7-13/h3-10H,2,11H2,1H3. The maximum absolute atomic E-state index is 12.4. The molecule has 0 bridgehead atoms. The van der Waals surface area contributed by atoms with Crippen molar-refractivity contribution in [3.8, 4) is 16.9 Å². The Bertz CT molecular complexity index is 954. The lowest BCUT2D eigenvalue weighted by Crippen LogP contribution is -2.08. The summed E-state index contributed by atoms with van der Waals surface area (Å²) in [6.07, 6.45) is 0. The average Bonchev–Trinajstić information content (AvgIpc) is 3.02. The van der Waals surface area contributed by atoms with Crippen molar-refractivity contribution in [3.63, 3.8) is 0 Å². The number of carbonyl (C=O) groups excluding carboxylic acids is 1. The number of thioether (sulfide) groups is 1. The van der Waals surface area contributed by atoms with Crippen LogP contribution >= 0.6 is 27.7 Å². The average molecular weight is 415 g/mol. The Hall–Kier alpha value is -2.05. The van der Waals surface area contributed by atoms with Crippen LogP contribution in [0.3, 0.4) is 0 Å². The molecule has 25 heavy (non-hydrogen) atoms. The Morgan fingerprint density at radius 3 is 2.84 bits per heavy atom. The molecule has 0 spiro atoms. The molecule has 4 nitrogen and oxygen atoms in total. The highest BCUT2D eigenvalue weighted by Crippen LogP contribution is 2.44. The van der Waals surface area contributed by atoms with Crippen LogP contribution in [0.1, 0.15) is 23.0 Å². The third-order valence-electron chi connectivity index (χ3n) is 4.02. The van der Waals surface area contributed by atoms with Crippen LogP contribution < -0.4 is 0 Å². The maximum atomic E-state index is 12.4. The second-order valence-electron chi connectivity index (χ2n) is 5.57. The Kier molecular flexibility index (Phi) is 4.39. The van der Waals surface area contributed by atoms with E-state index in [2.05, 4.69) is 33.2 Å². The lowest BCUT2D eigenvalue weighted by Gasteiger charge is -2.18. The number of hydrogen-bond donors (Lipinski definition) is 0. The highest BCUT2D eigenvalue weighted by atomic mass is 79.9. The fraction of sp³-hybridized carbons (Fsp3) is 0.158. The second-order valence-corrected chi connectivity index (χ2v) is 7.51. The maximum Gasteiger partial charge on any atom is 0.359 e. The first-order chi connectivity index (χ1) is 12.2. The Balaban J connectivity index is 1.97. The summed E-state index contributed by atoms with van der Waals surface area (Å²) in [5.74, 6) is 0.328. The monoisotopic (exact) mass is 414 g/mol. The van der Waals surface area contributed by atoms with Gasteiger partial charge in [0.25, 0.3) is 0 Å². The Morgan fingerprint density at radius 1 is 1.28 bits per heavy atom. The van der Waals surface area contributed by atoms with Gasteiger partial charge in [0.1, 0.15) is 0 Å². The third-order valence-corrected chi connectivity index (χ3v) is 5.60. The molecule has 0 amide bonds. The van der Waals surface area contributed by atoms with E-state index in [-0.39, 0.29) is 5.97 Å². The molecule has 1 aromatic heterocycles. The number of nitrogens with zero attached hydrogens (tertiary/aromatic N) is 2. The number of aromatic nitrogens is 2. The van der Waals surface area contributed by atoms with Crippen LogP contribution in [0.2, 0.25) is 0 Å². The molecule has 0 N–H and O–H groups in total. The van der Waals surface area contributed by atoms with E-state index in [4.69, 9.17) is 4.74 Å². The van der Waals surface area contributed by atoms with E-state index in [9.17, 15) is 4.79 Å². The molecule has 3 aromatic rings. The van der Waals surface area contributed by atoms with Crippen LogP contribution in [0.25, 0.3) is 16.9 Å². The van der Waals surface area contributed by atoms with Crippen molar-refractivity contribution in [3.05, 3.63) is 64.3 Å². The van der Waals surface area contributed by atoms with Crippen molar-refractivity contribution in [2.45, 2.75) is 17.6 Å². The third kappa shape index (κ3) is 2.89. The first-order valence-corrected chi connectivity index (χ1v) is 9.74. The molecule has 2 heterocycles. The van der Waals surface area contributed by atoms with E-state index in [1.165, 1.54) is 4.90 Å². The topological polar surface area (TPSA) is 44.1 Å². The number of para-hydroxylation sites is 1. The second kappa shape index (κ2) is 6.69. The van der Waals surface area contributed by atoms with E-state index in [1.54, 1.807) is 18.7 Å². The van der Waals surface area contributed by atoms with Gasteiger partial charge in [-0.1, -0.05) is 40.2 Å². The molecule has 126 valence electrons. The van der Waals surface area contributed by atoms with Crippen LogP contribution in [-0.4, -0.2) is 22.4 Å². The Labute approximate surface area is 158 Å². The van der Waals surface area contributed by atoms with Gasteiger partial charge in [0.2, 0.25) is 0 Å². The molecule has 0 atom stereocenters. The summed E-state index contributed by atoms with van der Waals surface area (Å²) in [5, 5.41) is 4.62. The van der Waals surface area contributed by atoms with Crippen molar-refractivity contribution < 1.29 is 9.53 Å². The summed E-state index contributed by atoms with van der Waals surface area (Å²) in [7, 11) is 0. The zero-order valence-corrected chi connectivity index (χ0v) is 15.9. The summed E-state index contributed by atoms with van der Waals surface area (Å²) in [5.41, 5.74) is 4.32. The number of ether oxygens (including phenoxy) is 1. The molecule has 0 unspecified atom stereocenters. The highest BCUT2D eigenvalue weighted by Gasteiger charge is 2.30. The molecule has 0 aliphatic carbocycles. The summed E-state index contributed by atoms with van der Waals surface area (Å²) in [6, 6.07) is 16.1. The van der Waals surface area contributed by atoms with Crippen molar-refractivity contribution in [1.29, 1.82) is 0 Å². The number of hydrogen-bond acceptors (Lipinski definition) is 4. The van der Waals surface area contributed by atoms with Crippen molar-refractivity contribution >= 4 is 33.7 Å². The van der Waals surface area contributed by atoms with Crippen molar-refractivity contribution in [2.24, 2.45) is 0 Å². The number of fused-ring (bicyclic) bond motifs is 3. The molecule has 2 aromatic carbocycles. The van der Waals surface area contributed by atoms with E-state index in [0.29, 0.717) is 18.1 Å².